The Morgan fingerprint density at radius 1 is 1.15 bits per heavy atom. The molecule has 0 saturated heterocycles. The smallest absolute Gasteiger partial charge is 0.295 e. The van der Waals surface area contributed by atoms with Crippen molar-refractivity contribution < 1.29 is 13.6 Å². The van der Waals surface area contributed by atoms with E-state index in [1.54, 1.807) is 17.0 Å². The second-order valence-corrected chi connectivity index (χ2v) is 7.53. The summed E-state index contributed by atoms with van der Waals surface area (Å²) >= 11 is 1.29. The van der Waals surface area contributed by atoms with Gasteiger partial charge in [0.05, 0.1) is 10.2 Å². The molecule has 0 spiro atoms. The maximum Gasteiger partial charge on any atom is 0.295 e. The predicted octanol–water partition coefficient (Wildman–Crippen LogP) is 4.39. The summed E-state index contributed by atoms with van der Waals surface area (Å²) in [6, 6.07) is 13.7. The summed E-state index contributed by atoms with van der Waals surface area (Å²) < 4.78 is 20.0. The molecule has 4 rings (SSSR count). The summed E-state index contributed by atoms with van der Waals surface area (Å²) in [6.45, 7) is 1.11. The van der Waals surface area contributed by atoms with Gasteiger partial charge in [-0.25, -0.2) is 9.37 Å². The summed E-state index contributed by atoms with van der Waals surface area (Å²) in [7, 11) is 3.88. The molecule has 0 aliphatic rings. The lowest BCUT2D eigenvalue weighted by atomic mass is 10.2. The molecule has 0 aliphatic carbocycles. The van der Waals surface area contributed by atoms with E-state index in [1.165, 1.54) is 23.5 Å². The molecule has 0 unspecified atom stereocenters. The average Bonchev–Trinajstić information content (AvgIpc) is 3.24. The number of carbonyl (C=O) groups excluding carboxylic acids is 1. The van der Waals surface area contributed by atoms with Gasteiger partial charge in [-0.1, -0.05) is 29.5 Å². The van der Waals surface area contributed by atoms with Gasteiger partial charge in [-0.3, -0.25) is 9.69 Å². The number of carbonyl (C=O) groups is 1. The summed E-state index contributed by atoms with van der Waals surface area (Å²) in [6.07, 6.45) is 0. The number of furan rings is 1. The van der Waals surface area contributed by atoms with Gasteiger partial charge in [0.1, 0.15) is 11.4 Å². The maximum absolute atomic E-state index is 13.5. The SMILES string of the molecule is CN(C)CCN(C(=O)c1cc2ccccc2o1)c1nc2ccc(F)cc2s1. The average molecular weight is 383 g/mol. The second kappa shape index (κ2) is 7.09. The van der Waals surface area contributed by atoms with Crippen molar-refractivity contribution in [1.82, 2.24) is 9.88 Å². The van der Waals surface area contributed by atoms with Gasteiger partial charge in [0.25, 0.3) is 5.91 Å². The Balaban J connectivity index is 1.73. The lowest BCUT2D eigenvalue weighted by Crippen LogP contribution is -2.36. The molecule has 2 heterocycles. The van der Waals surface area contributed by atoms with Gasteiger partial charge in [-0.15, -0.1) is 0 Å². The summed E-state index contributed by atoms with van der Waals surface area (Å²) in [5.74, 6) is -0.311. The Hall–Kier alpha value is -2.77. The number of hydrogen-bond acceptors (Lipinski definition) is 5. The van der Waals surface area contributed by atoms with E-state index in [2.05, 4.69) is 4.98 Å². The van der Waals surface area contributed by atoms with Gasteiger partial charge in [0.15, 0.2) is 10.9 Å². The number of amides is 1. The fourth-order valence-corrected chi connectivity index (χ4v) is 3.82. The van der Waals surface area contributed by atoms with Crippen LogP contribution >= 0.6 is 11.3 Å². The predicted molar refractivity (Wildman–Crippen MR) is 106 cm³/mol. The van der Waals surface area contributed by atoms with Crippen LogP contribution in [0, 0.1) is 5.82 Å². The normalized spacial score (nSPS) is 11.6. The summed E-state index contributed by atoms with van der Waals surface area (Å²) in [5, 5.41) is 1.41. The number of benzene rings is 2. The molecular weight excluding hydrogens is 365 g/mol. The van der Waals surface area contributed by atoms with Crippen LogP contribution < -0.4 is 4.90 Å². The lowest BCUT2D eigenvalue weighted by Gasteiger charge is -2.20. The monoisotopic (exact) mass is 383 g/mol. The van der Waals surface area contributed by atoms with E-state index < -0.39 is 0 Å². The number of thiazole rings is 1. The summed E-state index contributed by atoms with van der Waals surface area (Å²) in [4.78, 5) is 21.3. The van der Waals surface area contributed by atoms with Crippen LogP contribution in [0.4, 0.5) is 9.52 Å². The molecule has 138 valence electrons. The van der Waals surface area contributed by atoms with Crippen LogP contribution in [0.1, 0.15) is 10.6 Å². The molecule has 0 N–H and O–H groups in total. The number of hydrogen-bond donors (Lipinski definition) is 0. The standard InChI is InChI=1S/C20H18FN3O2S/c1-23(2)9-10-24(20-22-15-8-7-14(21)12-18(15)27-20)19(25)17-11-13-5-3-4-6-16(13)26-17/h3-8,11-12H,9-10H2,1-2H3. The van der Waals surface area contributed by atoms with Crippen LogP contribution in [0.3, 0.4) is 0 Å². The minimum atomic E-state index is -0.318. The van der Waals surface area contributed by atoms with E-state index in [4.69, 9.17) is 4.42 Å². The number of para-hydroxylation sites is 1. The molecule has 0 radical (unpaired) electrons. The number of rotatable bonds is 5. The Morgan fingerprint density at radius 3 is 2.74 bits per heavy atom. The molecule has 5 nitrogen and oxygen atoms in total. The molecule has 0 saturated carbocycles. The Labute approximate surface area is 159 Å². The zero-order valence-electron chi connectivity index (χ0n) is 15.0. The highest BCUT2D eigenvalue weighted by atomic mass is 32.1. The first-order chi connectivity index (χ1) is 13.0. The van der Waals surface area contributed by atoms with E-state index >= 15 is 0 Å². The summed E-state index contributed by atoms with van der Waals surface area (Å²) in [5.41, 5.74) is 1.34. The first-order valence-corrected chi connectivity index (χ1v) is 9.34. The highest BCUT2D eigenvalue weighted by Crippen LogP contribution is 2.31. The molecule has 1 amide bonds. The molecular formula is C20H18FN3O2S. The number of halogens is 1. The van der Waals surface area contributed by atoms with Gasteiger partial charge in [0.2, 0.25) is 0 Å². The zero-order chi connectivity index (χ0) is 19.0. The molecule has 0 bridgehead atoms. The van der Waals surface area contributed by atoms with Crippen molar-refractivity contribution in [3.63, 3.8) is 0 Å². The highest BCUT2D eigenvalue weighted by Gasteiger charge is 2.24. The van der Waals surface area contributed by atoms with Gasteiger partial charge in [0, 0.05) is 18.5 Å². The van der Waals surface area contributed by atoms with E-state index in [0.717, 1.165) is 5.39 Å². The zero-order valence-corrected chi connectivity index (χ0v) is 15.8. The third-order valence-corrected chi connectivity index (χ3v) is 5.26. The molecule has 0 fully saturated rings. The highest BCUT2D eigenvalue weighted by molar-refractivity contribution is 7.22. The Bertz CT molecular complexity index is 1090. The number of aromatic nitrogens is 1. The molecule has 27 heavy (non-hydrogen) atoms. The Kier molecular flexibility index (Phi) is 4.63. The van der Waals surface area contributed by atoms with Gasteiger partial charge >= 0.3 is 0 Å². The second-order valence-electron chi connectivity index (χ2n) is 6.52. The number of anilines is 1. The topological polar surface area (TPSA) is 49.6 Å². The largest absolute Gasteiger partial charge is 0.451 e. The van der Waals surface area contributed by atoms with Crippen molar-refractivity contribution in [3.8, 4) is 0 Å². The molecule has 7 heteroatoms. The van der Waals surface area contributed by atoms with E-state index in [9.17, 15) is 9.18 Å². The van der Waals surface area contributed by atoms with E-state index in [1.807, 2.05) is 43.3 Å². The van der Waals surface area contributed by atoms with E-state index in [-0.39, 0.29) is 17.5 Å². The molecule has 0 atom stereocenters. The minimum absolute atomic E-state index is 0.257. The quantitative estimate of drug-likeness (QED) is 0.513. The Morgan fingerprint density at radius 2 is 1.96 bits per heavy atom. The van der Waals surface area contributed by atoms with Crippen molar-refractivity contribution in [3.05, 3.63) is 60.1 Å². The minimum Gasteiger partial charge on any atom is -0.451 e. The van der Waals surface area contributed by atoms with Gasteiger partial charge in [-0.2, -0.15) is 0 Å². The van der Waals surface area contributed by atoms with Crippen LogP contribution in [0.15, 0.2) is 52.9 Å². The fraction of sp³-hybridized carbons (Fsp3) is 0.200. The number of likely N-dealkylation sites (N-methyl/N-ethyl adjacent to an activating group) is 1. The third kappa shape index (κ3) is 3.56. The van der Waals surface area contributed by atoms with Crippen LogP contribution in [0.25, 0.3) is 21.2 Å². The van der Waals surface area contributed by atoms with Crippen molar-refractivity contribution in [2.24, 2.45) is 0 Å². The fourth-order valence-electron chi connectivity index (χ4n) is 2.81. The molecule has 2 aromatic carbocycles. The first-order valence-electron chi connectivity index (χ1n) is 8.52. The molecule has 2 aromatic heterocycles. The van der Waals surface area contributed by atoms with Crippen LogP contribution in [-0.2, 0) is 0 Å². The van der Waals surface area contributed by atoms with E-state index in [0.29, 0.717) is 34.0 Å². The maximum atomic E-state index is 13.5. The molecule has 4 aromatic rings. The van der Waals surface area contributed by atoms with Crippen molar-refractivity contribution in [2.75, 3.05) is 32.1 Å². The molecule has 0 aliphatic heterocycles. The first kappa shape index (κ1) is 17.6. The van der Waals surface area contributed by atoms with Crippen molar-refractivity contribution >= 4 is 43.6 Å². The number of fused-ring (bicyclic) bond motifs is 2. The lowest BCUT2D eigenvalue weighted by molar-refractivity contribution is 0.0960. The van der Waals surface area contributed by atoms with Crippen molar-refractivity contribution in [1.29, 1.82) is 0 Å². The number of nitrogens with zero attached hydrogens (tertiary/aromatic N) is 3. The van der Waals surface area contributed by atoms with Crippen molar-refractivity contribution in [2.45, 2.75) is 0 Å². The van der Waals surface area contributed by atoms with Crippen LogP contribution in [0.5, 0.6) is 0 Å². The van der Waals surface area contributed by atoms with Crippen LogP contribution in [0.2, 0.25) is 0 Å². The van der Waals surface area contributed by atoms with Gasteiger partial charge in [-0.05, 0) is 44.4 Å². The third-order valence-electron chi connectivity index (χ3n) is 4.22. The van der Waals surface area contributed by atoms with Gasteiger partial charge < -0.3 is 9.32 Å². The van der Waals surface area contributed by atoms with Crippen LogP contribution in [-0.4, -0.2) is 43.0 Å².